The smallest absolute Gasteiger partial charge is 0.391 e. The van der Waals surface area contributed by atoms with Gasteiger partial charge < -0.3 is 224 Å². The third-order valence-corrected chi connectivity index (χ3v) is 101. The summed E-state index contributed by atoms with van der Waals surface area (Å²) in [5.74, 6) is 0. The van der Waals surface area contributed by atoms with E-state index in [0.717, 1.165) is 0 Å². The Bertz CT molecular complexity index is 2550. The van der Waals surface area contributed by atoms with Crippen molar-refractivity contribution in [2.45, 2.75) is 131 Å². The highest BCUT2D eigenvalue weighted by molar-refractivity contribution is 6.96. The van der Waals surface area contributed by atoms with Gasteiger partial charge in [0.2, 0.25) is 0 Å². The summed E-state index contributed by atoms with van der Waals surface area (Å²) < 4.78 is 280. The van der Waals surface area contributed by atoms with E-state index in [0.29, 0.717) is 0 Å². The monoisotopic (exact) mass is 2170 g/mol. The van der Waals surface area contributed by atoms with E-state index in [9.17, 15) is 19.2 Å². The molecule has 4 heterocycles. The van der Waals surface area contributed by atoms with Gasteiger partial charge in [0.1, 0.15) is 0 Å². The third-order valence-electron chi connectivity index (χ3n) is 16.1. The Hall–Kier alpha value is 3.13. The molecule has 120 heavy (non-hydrogen) atoms. The molecule has 0 spiro atoms. The molecular formula is C44H136O52Si24. The normalized spacial score (nSPS) is 36.4. The average Bonchev–Trinajstić information content (AvgIpc) is 0.746. The lowest BCUT2D eigenvalue weighted by molar-refractivity contribution is -0.0207. The zero-order valence-electron chi connectivity index (χ0n) is 77.4. The van der Waals surface area contributed by atoms with Gasteiger partial charge in [-0.2, -0.15) is 0 Å². The van der Waals surface area contributed by atoms with Crippen molar-refractivity contribution in [3.63, 3.8) is 0 Å². The Morgan fingerprint density at radius 2 is 0.250 bits per heavy atom. The van der Waals surface area contributed by atoms with E-state index in [1.807, 2.05) is 0 Å². The standard InChI is InChI=1S/C16H48O20Si8.C16H48O16Si8.C8H24O8Si4.C4H16O8Si4/c1-17-41(18-2,19-3)33-37(13)29-38(14,34-42(20-4,21-5)22-6)31-40(16,36-44(26-10,27-11)28-12)32-39(15,30-37)35-43(23-7,24-8)25-9;1-17-33(9,18-2)25-37(13)29-38(14,26-34(10,19-3)20-4)31-40(16,28-36(12,23-7)24-8)32-39(15,30-37)27-35(11,21-5)22-6;1-9-17(5)13-18(6,10-2)15-20(8,12-4)16-19(7,11-3)14-17;1-13(5)9-14(2,6)11-16(4,8)12-15(3,7)10-13/h1-16H3;1-16H3;1-8H3;5-8H,1-4H3. The molecule has 0 unspecified atom stereocenters. The molecule has 4 aliphatic heterocycles. The van der Waals surface area contributed by atoms with Crippen LogP contribution in [0.25, 0.3) is 0 Å². The van der Waals surface area contributed by atoms with Crippen molar-refractivity contribution in [2.75, 3.05) is 171 Å². The first-order valence-corrected chi connectivity index (χ1v) is 86.6. The van der Waals surface area contributed by atoms with Gasteiger partial charge >= 0.3 is 212 Å². The molecular weight excluding hydrogens is 2030 g/mol. The van der Waals surface area contributed by atoms with Gasteiger partial charge in [0.25, 0.3) is 0 Å². The Labute approximate surface area is 733 Å². The SMILES string of the molecule is CO[Si](C)(OC)O[Si]1(C)O[Si](C)(O[Si](C)(OC)OC)O[Si](C)(O[Si](C)(OC)OC)O[Si](C)(O[Si](C)(OC)OC)O1.CO[Si](OC)(OC)O[Si]1(C)O[Si](C)(O[Si](OC)(OC)OC)O[Si](C)(O[Si](OC)(OC)OC)O[Si](C)(O[Si](OC)(OC)OC)O1.CO[Si]1(C)O[Si](C)(OC)O[Si](C)(OC)O[Si](C)(OC)O1.C[Si]1(O)O[Si](C)(O)O[Si](C)(O)O[Si](C)(O)O1. The average molecular weight is 2170 g/mol. The van der Waals surface area contributed by atoms with Crippen LogP contribution in [0.2, 0.25) is 131 Å². The van der Waals surface area contributed by atoms with Gasteiger partial charge in [-0.1, -0.05) is 0 Å². The quantitative estimate of drug-likeness (QED) is 0.0622. The first-order chi connectivity index (χ1) is 54.4. The molecule has 0 radical (unpaired) electrons. The van der Waals surface area contributed by atoms with Crippen LogP contribution in [0.3, 0.4) is 0 Å². The van der Waals surface area contributed by atoms with Crippen LogP contribution in [0.15, 0.2) is 0 Å². The minimum atomic E-state index is -4.20. The summed E-state index contributed by atoms with van der Waals surface area (Å²) >= 11 is 0. The molecule has 4 saturated heterocycles. The zero-order valence-corrected chi connectivity index (χ0v) is 101. The summed E-state index contributed by atoms with van der Waals surface area (Å²) in [5.41, 5.74) is 0. The summed E-state index contributed by atoms with van der Waals surface area (Å²) in [6, 6.07) is 0. The Balaban J connectivity index is 0.000000860. The molecule has 0 atom stereocenters. The van der Waals surface area contributed by atoms with Crippen LogP contribution in [-0.2, 0) is 205 Å². The molecule has 0 amide bonds. The number of hydrogen-bond donors (Lipinski definition) is 4. The van der Waals surface area contributed by atoms with Crippen molar-refractivity contribution in [1.82, 2.24) is 0 Å². The lowest BCUT2D eigenvalue weighted by atomic mass is 11.8. The van der Waals surface area contributed by atoms with Crippen LogP contribution in [0.5, 0.6) is 0 Å². The summed E-state index contributed by atoms with van der Waals surface area (Å²) in [5, 5.41) is 0. The van der Waals surface area contributed by atoms with Crippen LogP contribution >= 0.6 is 0 Å². The fourth-order valence-electron chi connectivity index (χ4n) is 10.9. The van der Waals surface area contributed by atoms with E-state index in [-0.39, 0.29) is 0 Å². The lowest BCUT2D eigenvalue weighted by Gasteiger charge is -2.50. The fraction of sp³-hybridized carbons (Fsp3) is 1.00. The van der Waals surface area contributed by atoms with Crippen LogP contribution in [0, 0.1) is 0 Å². The van der Waals surface area contributed by atoms with E-state index in [4.69, 9.17) is 205 Å². The van der Waals surface area contributed by atoms with E-state index < -0.39 is 212 Å². The van der Waals surface area contributed by atoms with Crippen LogP contribution in [0.4, 0.5) is 0 Å². The second-order valence-electron chi connectivity index (χ2n) is 26.7. The fourth-order valence-corrected chi connectivity index (χ4v) is 102. The third kappa shape index (κ3) is 36.4. The predicted octanol–water partition coefficient (Wildman–Crippen LogP) is 0.998. The van der Waals surface area contributed by atoms with E-state index in [1.165, 1.54) is 223 Å². The van der Waals surface area contributed by atoms with E-state index in [2.05, 4.69) is 0 Å². The molecule has 76 heteroatoms. The van der Waals surface area contributed by atoms with Crippen molar-refractivity contribution < 1.29 is 224 Å². The molecule has 0 aromatic rings. The number of rotatable bonds is 40. The van der Waals surface area contributed by atoms with Gasteiger partial charge in [-0.05, 0) is 0 Å². The summed E-state index contributed by atoms with van der Waals surface area (Å²) in [6.07, 6.45) is 0. The molecule has 0 saturated carbocycles. The largest absolute Gasteiger partial charge is 0.671 e. The molecule has 4 aliphatic rings. The highest BCUT2D eigenvalue weighted by Gasteiger charge is 2.74. The maximum Gasteiger partial charge on any atom is 0.671 e. The Morgan fingerprint density at radius 3 is 0.342 bits per heavy atom. The lowest BCUT2D eigenvalue weighted by Crippen LogP contribution is -2.76. The second-order valence-corrected chi connectivity index (χ2v) is 94.9. The summed E-state index contributed by atoms with van der Waals surface area (Å²) in [6.45, 7) is 31.3. The predicted molar refractivity (Wildman–Crippen MR) is 459 cm³/mol. The highest BCUT2D eigenvalue weighted by Crippen LogP contribution is 2.42. The molecule has 0 aromatic heterocycles. The first kappa shape index (κ1) is 121. The van der Waals surface area contributed by atoms with Crippen molar-refractivity contribution in [1.29, 1.82) is 0 Å². The molecule has 4 N–H and O–H groups in total. The van der Waals surface area contributed by atoms with Gasteiger partial charge in [-0.25, -0.2) is 0 Å². The van der Waals surface area contributed by atoms with Crippen molar-refractivity contribution >= 4 is 212 Å². The van der Waals surface area contributed by atoms with Gasteiger partial charge in [-0.3, -0.25) is 0 Å². The minimum Gasteiger partial charge on any atom is -0.391 e. The van der Waals surface area contributed by atoms with E-state index >= 15 is 0 Å². The molecule has 4 rings (SSSR count). The van der Waals surface area contributed by atoms with Gasteiger partial charge in [0.15, 0.2) is 0 Å². The molecule has 4 fully saturated rings. The zero-order chi connectivity index (χ0) is 93.9. The molecule has 52 nitrogen and oxygen atoms in total. The maximum atomic E-state index is 9.74. The summed E-state index contributed by atoms with van der Waals surface area (Å²) in [4.78, 5) is 39.0. The minimum absolute atomic E-state index is 1.23. The molecule has 0 bridgehead atoms. The van der Waals surface area contributed by atoms with Crippen LogP contribution in [-0.4, -0.2) is 402 Å². The highest BCUT2D eigenvalue weighted by atomic mass is 28.6. The van der Waals surface area contributed by atoms with Crippen molar-refractivity contribution in [3.8, 4) is 0 Å². The van der Waals surface area contributed by atoms with Crippen LogP contribution in [0.1, 0.15) is 0 Å². The van der Waals surface area contributed by atoms with Crippen LogP contribution < -0.4 is 0 Å². The molecule has 720 valence electrons. The Morgan fingerprint density at radius 1 is 0.150 bits per heavy atom. The van der Waals surface area contributed by atoms with E-state index in [1.54, 1.807) is 78.6 Å². The maximum absolute atomic E-state index is 9.74. The topological polar surface area (TPSA) is 524 Å². The Kier molecular flexibility index (Phi) is 47.5. The number of hydrogen-bond acceptors (Lipinski definition) is 52. The van der Waals surface area contributed by atoms with Gasteiger partial charge in [0, 0.05) is 302 Å². The first-order valence-electron chi connectivity index (χ1n) is 35.4. The van der Waals surface area contributed by atoms with Crippen molar-refractivity contribution in [3.05, 3.63) is 0 Å². The summed E-state index contributed by atoms with van der Waals surface area (Å²) in [7, 11) is -54.0. The second kappa shape index (κ2) is 47.1. The molecule has 0 aromatic carbocycles. The van der Waals surface area contributed by atoms with Crippen molar-refractivity contribution in [2.24, 2.45) is 0 Å². The molecule has 0 aliphatic carbocycles. The van der Waals surface area contributed by atoms with Gasteiger partial charge in [0.05, 0.1) is 0 Å². The van der Waals surface area contributed by atoms with Gasteiger partial charge in [-0.15, -0.1) is 0 Å².